The molecule has 0 aliphatic rings. The van der Waals surface area contributed by atoms with Crippen LogP contribution in [0.15, 0.2) is 24.3 Å². The van der Waals surface area contributed by atoms with Crippen molar-refractivity contribution in [3.63, 3.8) is 0 Å². The molecule has 0 saturated heterocycles. The molecule has 370 valence electrons. The van der Waals surface area contributed by atoms with Crippen LogP contribution in [0.2, 0.25) is 0 Å². The van der Waals surface area contributed by atoms with Crippen LogP contribution in [0.3, 0.4) is 0 Å². The van der Waals surface area contributed by atoms with Crippen molar-refractivity contribution in [2.75, 3.05) is 13.2 Å². The van der Waals surface area contributed by atoms with Crippen LogP contribution >= 0.6 is 0 Å². The van der Waals surface area contributed by atoms with Crippen LogP contribution < -0.4 is 0 Å². The Balaban J connectivity index is 4.11. The molecule has 0 aliphatic carbocycles. The number of carbonyl (C=O) groups is 3. The number of esters is 3. The summed E-state index contributed by atoms with van der Waals surface area (Å²) < 4.78 is 16.7. The van der Waals surface area contributed by atoms with Crippen molar-refractivity contribution in [2.45, 2.75) is 309 Å². The fourth-order valence-electron chi connectivity index (χ4n) is 8.24. The number of allylic oxidation sites excluding steroid dienone is 4. The first-order chi connectivity index (χ1) is 31.0. The highest BCUT2D eigenvalue weighted by Gasteiger charge is 2.19. The molecule has 6 heteroatoms. The molecule has 0 rings (SSSR count). The summed E-state index contributed by atoms with van der Waals surface area (Å²) in [4.78, 5) is 37.8. The molecule has 0 heterocycles. The highest BCUT2D eigenvalue weighted by atomic mass is 16.6. The van der Waals surface area contributed by atoms with Crippen molar-refractivity contribution < 1.29 is 28.6 Å². The Hall–Kier alpha value is -2.11. The number of hydrogen-bond acceptors (Lipinski definition) is 6. The van der Waals surface area contributed by atoms with Crippen LogP contribution in [0.25, 0.3) is 0 Å². The molecule has 63 heavy (non-hydrogen) atoms. The SMILES string of the molecule is CCCCC/C=C\C/C=C\CCCCCCCCCC(=O)OC(COC(=O)CCCCCCCC)COC(=O)CCCCCCCCCCCCCCCCCCCCCCCC. The van der Waals surface area contributed by atoms with Gasteiger partial charge in [0.1, 0.15) is 13.2 Å². The minimum atomic E-state index is -0.768. The number of carbonyl (C=O) groups excluding carboxylic acids is 3. The van der Waals surface area contributed by atoms with Crippen molar-refractivity contribution in [1.29, 1.82) is 0 Å². The Labute approximate surface area is 392 Å². The molecule has 0 bridgehead atoms. The fourth-order valence-corrected chi connectivity index (χ4v) is 8.24. The maximum absolute atomic E-state index is 12.8. The van der Waals surface area contributed by atoms with Gasteiger partial charge in [-0.3, -0.25) is 14.4 Å². The number of unbranched alkanes of at least 4 members (excludes halogenated alkanes) is 36. The van der Waals surface area contributed by atoms with Crippen LogP contribution in [0, 0.1) is 0 Å². The van der Waals surface area contributed by atoms with E-state index in [1.54, 1.807) is 0 Å². The summed E-state index contributed by atoms with van der Waals surface area (Å²) in [6.45, 7) is 6.59. The summed E-state index contributed by atoms with van der Waals surface area (Å²) in [5.41, 5.74) is 0. The Morgan fingerprint density at radius 2 is 0.571 bits per heavy atom. The van der Waals surface area contributed by atoms with Crippen molar-refractivity contribution in [2.24, 2.45) is 0 Å². The van der Waals surface area contributed by atoms with Gasteiger partial charge < -0.3 is 14.2 Å². The quantitative estimate of drug-likeness (QED) is 0.0262. The van der Waals surface area contributed by atoms with E-state index in [1.165, 1.54) is 193 Å². The van der Waals surface area contributed by atoms with Gasteiger partial charge in [0.2, 0.25) is 0 Å². The molecule has 1 atom stereocenters. The van der Waals surface area contributed by atoms with Crippen LogP contribution in [0.5, 0.6) is 0 Å². The van der Waals surface area contributed by atoms with Crippen molar-refractivity contribution in [3.05, 3.63) is 24.3 Å². The van der Waals surface area contributed by atoms with Gasteiger partial charge in [-0.1, -0.05) is 257 Å². The highest BCUT2D eigenvalue weighted by Crippen LogP contribution is 2.17. The lowest BCUT2D eigenvalue weighted by Gasteiger charge is -2.18. The molecule has 0 amide bonds. The fraction of sp³-hybridized carbons (Fsp3) is 0.877. The predicted molar refractivity (Wildman–Crippen MR) is 270 cm³/mol. The molecule has 0 aliphatic heterocycles. The first-order valence-corrected chi connectivity index (χ1v) is 27.8. The zero-order chi connectivity index (χ0) is 45.8. The zero-order valence-corrected chi connectivity index (χ0v) is 42.4. The van der Waals surface area contributed by atoms with Gasteiger partial charge in [-0.2, -0.15) is 0 Å². The Morgan fingerprint density at radius 3 is 0.905 bits per heavy atom. The molecule has 0 aromatic rings. The van der Waals surface area contributed by atoms with Crippen molar-refractivity contribution in [1.82, 2.24) is 0 Å². The van der Waals surface area contributed by atoms with Crippen LogP contribution in [-0.2, 0) is 28.6 Å². The van der Waals surface area contributed by atoms with Crippen LogP contribution in [0.1, 0.15) is 303 Å². The van der Waals surface area contributed by atoms with E-state index >= 15 is 0 Å². The summed E-state index contributed by atoms with van der Waals surface area (Å²) in [5, 5.41) is 0. The van der Waals surface area contributed by atoms with E-state index in [9.17, 15) is 14.4 Å². The Kier molecular flexibility index (Phi) is 50.8. The first-order valence-electron chi connectivity index (χ1n) is 27.8. The van der Waals surface area contributed by atoms with E-state index in [1.807, 2.05) is 0 Å². The molecule has 0 aromatic heterocycles. The number of hydrogen-bond donors (Lipinski definition) is 0. The minimum absolute atomic E-state index is 0.0703. The van der Waals surface area contributed by atoms with E-state index in [-0.39, 0.29) is 31.1 Å². The van der Waals surface area contributed by atoms with E-state index in [2.05, 4.69) is 45.1 Å². The lowest BCUT2D eigenvalue weighted by Crippen LogP contribution is -2.30. The number of rotatable bonds is 51. The normalized spacial score (nSPS) is 12.1. The summed E-state index contributed by atoms with van der Waals surface area (Å²) >= 11 is 0. The topological polar surface area (TPSA) is 78.9 Å². The van der Waals surface area contributed by atoms with Crippen LogP contribution in [0.4, 0.5) is 0 Å². The van der Waals surface area contributed by atoms with E-state index in [4.69, 9.17) is 14.2 Å². The molecular formula is C57H106O6. The maximum atomic E-state index is 12.8. The third kappa shape index (κ3) is 50.7. The van der Waals surface area contributed by atoms with Gasteiger partial charge in [-0.05, 0) is 51.4 Å². The zero-order valence-electron chi connectivity index (χ0n) is 42.4. The largest absolute Gasteiger partial charge is 0.462 e. The highest BCUT2D eigenvalue weighted by molar-refractivity contribution is 5.71. The summed E-state index contributed by atoms with van der Waals surface area (Å²) in [6.07, 6.45) is 60.6. The first kappa shape index (κ1) is 60.9. The standard InChI is InChI=1S/C57H106O6/c1-4-7-10-13-16-18-20-22-24-26-27-28-29-30-32-33-35-37-39-41-44-47-50-56(59)62-53-54(52-61-55(58)49-46-43-15-12-9-6-3)63-57(60)51-48-45-42-40-38-36-34-31-25-23-21-19-17-14-11-8-5-2/h17,19,23,25,54H,4-16,18,20-22,24,26-53H2,1-3H3/b19-17-,25-23-. The molecule has 1 unspecified atom stereocenters. The second-order valence-electron chi connectivity index (χ2n) is 18.9. The van der Waals surface area contributed by atoms with Crippen molar-refractivity contribution >= 4 is 17.9 Å². The predicted octanol–water partition coefficient (Wildman–Crippen LogP) is 18.3. The molecule has 0 N–H and O–H groups in total. The van der Waals surface area contributed by atoms with Crippen LogP contribution in [-0.4, -0.2) is 37.2 Å². The van der Waals surface area contributed by atoms with Gasteiger partial charge in [-0.15, -0.1) is 0 Å². The second-order valence-corrected chi connectivity index (χ2v) is 18.9. The summed E-state index contributed by atoms with van der Waals surface area (Å²) in [6, 6.07) is 0. The van der Waals surface area contributed by atoms with Gasteiger partial charge in [0, 0.05) is 19.3 Å². The van der Waals surface area contributed by atoms with E-state index < -0.39 is 6.10 Å². The summed E-state index contributed by atoms with van der Waals surface area (Å²) in [5.74, 6) is -0.872. The van der Waals surface area contributed by atoms with Gasteiger partial charge in [0.15, 0.2) is 6.10 Å². The monoisotopic (exact) mass is 887 g/mol. The molecule has 0 fully saturated rings. The van der Waals surface area contributed by atoms with Gasteiger partial charge in [0.05, 0.1) is 0 Å². The Morgan fingerprint density at radius 1 is 0.317 bits per heavy atom. The average molecular weight is 887 g/mol. The van der Waals surface area contributed by atoms with Gasteiger partial charge >= 0.3 is 17.9 Å². The second kappa shape index (κ2) is 52.5. The lowest BCUT2D eigenvalue weighted by molar-refractivity contribution is -0.167. The average Bonchev–Trinajstić information content (AvgIpc) is 3.28. The molecule has 0 aromatic carbocycles. The minimum Gasteiger partial charge on any atom is -0.462 e. The smallest absolute Gasteiger partial charge is 0.306 e. The van der Waals surface area contributed by atoms with E-state index in [0.717, 1.165) is 70.6 Å². The molecular weight excluding hydrogens is 781 g/mol. The molecule has 0 radical (unpaired) electrons. The van der Waals surface area contributed by atoms with E-state index in [0.29, 0.717) is 19.3 Å². The molecule has 6 nitrogen and oxygen atoms in total. The van der Waals surface area contributed by atoms with Gasteiger partial charge in [-0.25, -0.2) is 0 Å². The summed E-state index contributed by atoms with van der Waals surface area (Å²) in [7, 11) is 0. The third-order valence-corrected chi connectivity index (χ3v) is 12.5. The Bertz CT molecular complexity index is 1020. The van der Waals surface area contributed by atoms with Crippen molar-refractivity contribution in [3.8, 4) is 0 Å². The lowest BCUT2D eigenvalue weighted by atomic mass is 10.0. The third-order valence-electron chi connectivity index (χ3n) is 12.5. The maximum Gasteiger partial charge on any atom is 0.306 e. The molecule has 0 saturated carbocycles. The number of ether oxygens (including phenoxy) is 3. The molecule has 0 spiro atoms. The van der Waals surface area contributed by atoms with Gasteiger partial charge in [0.25, 0.3) is 0 Å².